The Morgan fingerprint density at radius 3 is 1.74 bits per heavy atom. The highest BCUT2D eigenvalue weighted by Gasteiger charge is 2.49. The number of primary sulfonamides is 1. The number of anilines is 1. The monoisotopic (exact) mass is 604 g/mol. The van der Waals surface area contributed by atoms with E-state index in [9.17, 15) is 62.2 Å². The minimum atomic E-state index is -6.00. The lowest BCUT2D eigenvalue weighted by atomic mass is 10.1. The van der Waals surface area contributed by atoms with Crippen LogP contribution in [-0.2, 0) is 10.0 Å². The number of sulfonamides is 1. The Hall–Kier alpha value is -3.28. The Morgan fingerprint density at radius 1 is 0.897 bits per heavy atom. The molecule has 0 saturated heterocycles. The number of carboxylic acid groups (broad SMARTS) is 1. The Bertz CT molecular complexity index is 1420. The lowest BCUT2D eigenvalue weighted by Crippen LogP contribution is -2.46. The summed E-state index contributed by atoms with van der Waals surface area (Å²) in [6.07, 6.45) is -19.0. The number of carbonyl (C=O) groups is 1. The highest BCUT2D eigenvalue weighted by molar-refractivity contribution is 7.89. The van der Waals surface area contributed by atoms with Crippen molar-refractivity contribution in [2.45, 2.75) is 41.9 Å². The smallest absolute Gasteiger partial charge is 0.394 e. The molecule has 218 valence electrons. The van der Waals surface area contributed by atoms with Gasteiger partial charge in [-0.05, 0) is 24.3 Å². The van der Waals surface area contributed by atoms with Gasteiger partial charge in [0.15, 0.2) is 5.75 Å². The maximum Gasteiger partial charge on any atom is 0.394 e. The van der Waals surface area contributed by atoms with E-state index < -0.39 is 98.6 Å². The molecular formula is C21H18F10N2O5S. The minimum Gasteiger partial charge on any atom is -0.478 e. The van der Waals surface area contributed by atoms with Gasteiger partial charge in [0.05, 0.1) is 29.7 Å². The van der Waals surface area contributed by atoms with Crippen molar-refractivity contribution in [2.24, 2.45) is 5.14 Å². The molecule has 0 bridgehead atoms. The number of hydrogen-bond donors (Lipinski definition) is 2. The molecular weight excluding hydrogens is 582 g/mol. The molecule has 0 aromatic heterocycles. The van der Waals surface area contributed by atoms with Crippen LogP contribution in [0.25, 0.3) is 0 Å². The third-order valence-corrected chi connectivity index (χ3v) is 5.10. The SMILES string of the molecule is [2H]C([2H])(N(c1cc(C(=O)O)cc(S(N)(=O)=O)c1Oc1ccccc1)C([2H])([2H])C(F)(F)CC(F)(F)F)C(F)(F)CC(F)(F)F. The highest BCUT2D eigenvalue weighted by Crippen LogP contribution is 2.43. The molecule has 0 heterocycles. The minimum absolute atomic E-state index is 0.116. The van der Waals surface area contributed by atoms with Gasteiger partial charge < -0.3 is 14.7 Å². The standard InChI is InChI=1S/C21H18F10N2O5S/c22-18(23,8-20(26,27)28)10-33(11-19(24,25)9-21(29,30)31)14-6-12(17(34)35)7-15(39(32,36)37)16(14)38-13-4-2-1-3-5-13/h1-7H,8-11H2,(H,34,35)(H2,32,36,37)/i10D2,11D2. The molecule has 39 heavy (non-hydrogen) atoms. The number of nitrogens with zero attached hydrogens (tertiary/aromatic N) is 1. The van der Waals surface area contributed by atoms with Crippen molar-refractivity contribution >= 4 is 21.7 Å². The van der Waals surface area contributed by atoms with E-state index in [-0.39, 0.29) is 12.1 Å². The predicted octanol–water partition coefficient (Wildman–Crippen LogP) is 5.81. The molecule has 7 nitrogen and oxygen atoms in total. The molecule has 2 aromatic carbocycles. The van der Waals surface area contributed by atoms with Crippen molar-refractivity contribution in [2.75, 3.05) is 17.9 Å². The number of aromatic carboxylic acids is 1. The van der Waals surface area contributed by atoms with Gasteiger partial charge in [0.25, 0.3) is 11.8 Å². The molecule has 0 radical (unpaired) electrons. The van der Waals surface area contributed by atoms with Crippen LogP contribution in [0.2, 0.25) is 0 Å². The van der Waals surface area contributed by atoms with Crippen LogP contribution < -0.4 is 14.8 Å². The first-order valence-electron chi connectivity index (χ1n) is 11.9. The average Bonchev–Trinajstić information content (AvgIpc) is 2.76. The van der Waals surface area contributed by atoms with Crippen molar-refractivity contribution in [1.82, 2.24) is 0 Å². The zero-order valence-electron chi connectivity index (χ0n) is 22.7. The summed E-state index contributed by atoms with van der Waals surface area (Å²) < 4.78 is 199. The third-order valence-electron chi connectivity index (χ3n) is 4.19. The fourth-order valence-electron chi connectivity index (χ4n) is 2.86. The van der Waals surface area contributed by atoms with Crippen LogP contribution in [0.15, 0.2) is 47.4 Å². The fraction of sp³-hybridized carbons (Fsp3) is 0.381. The van der Waals surface area contributed by atoms with Crippen LogP contribution in [0.5, 0.6) is 11.5 Å². The van der Waals surface area contributed by atoms with E-state index in [4.69, 9.17) is 15.4 Å². The summed E-state index contributed by atoms with van der Waals surface area (Å²) in [5.74, 6) is -16.5. The maximum atomic E-state index is 15.0. The Kier molecular flexibility index (Phi) is 7.37. The van der Waals surface area contributed by atoms with E-state index in [2.05, 4.69) is 0 Å². The van der Waals surface area contributed by atoms with Crippen LogP contribution in [0.4, 0.5) is 49.6 Å². The van der Waals surface area contributed by atoms with E-state index in [0.29, 0.717) is 0 Å². The Morgan fingerprint density at radius 2 is 1.36 bits per heavy atom. The number of para-hydroxylation sites is 1. The maximum absolute atomic E-state index is 15.0. The van der Waals surface area contributed by atoms with Crippen molar-refractivity contribution in [3.8, 4) is 11.5 Å². The summed E-state index contributed by atoms with van der Waals surface area (Å²) in [5, 5.41) is 14.4. The molecule has 3 N–H and O–H groups in total. The molecule has 0 aliphatic carbocycles. The van der Waals surface area contributed by atoms with Crippen LogP contribution in [-0.4, -0.2) is 56.7 Å². The number of carboxylic acids is 1. The van der Waals surface area contributed by atoms with E-state index >= 15 is 0 Å². The van der Waals surface area contributed by atoms with Gasteiger partial charge in [-0.2, -0.15) is 26.3 Å². The number of ether oxygens (including phenoxy) is 1. The molecule has 18 heteroatoms. The van der Waals surface area contributed by atoms with E-state index in [0.717, 1.165) is 24.3 Å². The summed E-state index contributed by atoms with van der Waals surface area (Å²) in [6, 6.07) is 5.46. The summed E-state index contributed by atoms with van der Waals surface area (Å²) in [6.45, 7) is -10.9. The quantitative estimate of drug-likeness (QED) is 0.314. The first-order chi connectivity index (χ1) is 19.0. The number of benzene rings is 2. The average molecular weight is 604 g/mol. The molecule has 0 atom stereocenters. The molecule has 2 rings (SSSR count). The Labute approximate surface area is 219 Å². The molecule has 2 aromatic rings. The van der Waals surface area contributed by atoms with E-state index in [1.54, 1.807) is 0 Å². The van der Waals surface area contributed by atoms with Gasteiger partial charge in [0.1, 0.15) is 23.5 Å². The van der Waals surface area contributed by atoms with Crippen molar-refractivity contribution < 1.29 is 72.4 Å². The van der Waals surface area contributed by atoms with Crippen LogP contribution in [0.3, 0.4) is 0 Å². The summed E-state index contributed by atoms with van der Waals surface area (Å²) in [4.78, 5) is 8.46. The second-order valence-corrected chi connectivity index (χ2v) is 9.17. The fourth-order valence-corrected chi connectivity index (χ4v) is 3.55. The van der Waals surface area contributed by atoms with Gasteiger partial charge in [0, 0.05) is 0 Å². The van der Waals surface area contributed by atoms with Crippen LogP contribution >= 0.6 is 0 Å². The first-order valence-corrected chi connectivity index (χ1v) is 11.4. The van der Waals surface area contributed by atoms with E-state index in [1.165, 1.54) is 6.07 Å². The zero-order chi connectivity index (χ0) is 33.6. The second kappa shape index (κ2) is 11.1. The number of alkyl halides is 10. The molecule has 0 unspecified atom stereocenters. The van der Waals surface area contributed by atoms with Gasteiger partial charge in [-0.1, -0.05) is 18.2 Å². The molecule has 0 amide bonds. The van der Waals surface area contributed by atoms with Crippen LogP contribution in [0.1, 0.15) is 28.7 Å². The summed E-state index contributed by atoms with van der Waals surface area (Å²) in [7, 11) is -5.38. The second-order valence-electron chi connectivity index (χ2n) is 7.64. The lowest BCUT2D eigenvalue weighted by molar-refractivity contribution is -0.188. The third kappa shape index (κ3) is 10.1. The summed E-state index contributed by atoms with van der Waals surface area (Å²) >= 11 is 0. The zero-order valence-corrected chi connectivity index (χ0v) is 19.6. The van der Waals surface area contributed by atoms with Crippen LogP contribution in [0, 0.1) is 0 Å². The molecule has 0 aliphatic heterocycles. The lowest BCUT2D eigenvalue weighted by Gasteiger charge is -2.34. The largest absolute Gasteiger partial charge is 0.478 e. The van der Waals surface area contributed by atoms with Gasteiger partial charge >= 0.3 is 18.3 Å². The van der Waals surface area contributed by atoms with Crippen molar-refractivity contribution in [1.29, 1.82) is 0 Å². The van der Waals surface area contributed by atoms with Crippen molar-refractivity contribution in [3.63, 3.8) is 0 Å². The van der Waals surface area contributed by atoms with Gasteiger partial charge in [-0.3, -0.25) is 0 Å². The molecule has 0 fully saturated rings. The number of rotatable bonds is 11. The molecule has 0 aliphatic rings. The van der Waals surface area contributed by atoms with E-state index in [1.807, 2.05) is 0 Å². The molecule has 0 saturated carbocycles. The topological polar surface area (TPSA) is 110 Å². The summed E-state index contributed by atoms with van der Waals surface area (Å²) in [5.41, 5.74) is -3.53. The first kappa shape index (κ1) is 26.0. The number of nitrogens with two attached hydrogens (primary N) is 1. The normalized spacial score (nSPS) is 15.6. The van der Waals surface area contributed by atoms with Gasteiger partial charge in [-0.15, -0.1) is 0 Å². The number of halogens is 10. The predicted molar refractivity (Wildman–Crippen MR) is 115 cm³/mol. The highest BCUT2D eigenvalue weighted by atomic mass is 32.2. The number of hydrogen-bond acceptors (Lipinski definition) is 5. The molecule has 0 spiro atoms. The van der Waals surface area contributed by atoms with Crippen molar-refractivity contribution in [3.05, 3.63) is 48.0 Å². The Balaban J connectivity index is 3.21. The van der Waals surface area contributed by atoms with Gasteiger partial charge in [0.2, 0.25) is 10.0 Å². The van der Waals surface area contributed by atoms with Gasteiger partial charge in [-0.25, -0.2) is 35.9 Å².